The smallest absolute Gasteiger partial charge is 0.239 e. The number of ether oxygens (including phenoxy) is 1. The molecule has 1 aromatic rings. The fraction of sp³-hybridized carbons (Fsp3) is 0.500. The first-order valence-corrected chi connectivity index (χ1v) is 6.30. The summed E-state index contributed by atoms with van der Waals surface area (Å²) in [6.45, 7) is 5.09. The van der Waals surface area contributed by atoms with E-state index in [1.807, 2.05) is 38.1 Å². The third-order valence-electron chi connectivity index (χ3n) is 2.79. The molecule has 0 radical (unpaired) electrons. The number of nitrogens with zero attached hydrogens (tertiary/aromatic N) is 1. The second kappa shape index (κ2) is 7.01. The first-order valence-electron chi connectivity index (χ1n) is 6.30. The van der Waals surface area contributed by atoms with E-state index in [0.29, 0.717) is 19.6 Å². The fourth-order valence-electron chi connectivity index (χ4n) is 1.67. The number of rotatable bonds is 6. The molecule has 2 N–H and O–H groups in total. The highest BCUT2D eigenvalue weighted by Gasteiger charge is 2.15. The van der Waals surface area contributed by atoms with Crippen molar-refractivity contribution in [2.24, 2.45) is 5.73 Å². The van der Waals surface area contributed by atoms with Gasteiger partial charge in [-0.05, 0) is 31.0 Å². The van der Waals surface area contributed by atoms with Crippen LogP contribution in [0.4, 0.5) is 0 Å². The zero-order chi connectivity index (χ0) is 13.5. The maximum absolute atomic E-state index is 11.8. The molecule has 1 rings (SSSR count). The van der Waals surface area contributed by atoms with Crippen LogP contribution in [0.2, 0.25) is 0 Å². The van der Waals surface area contributed by atoms with Crippen molar-refractivity contribution in [1.29, 1.82) is 0 Å². The van der Waals surface area contributed by atoms with Crippen molar-refractivity contribution in [3.8, 4) is 5.75 Å². The molecule has 0 bridgehead atoms. The van der Waals surface area contributed by atoms with Gasteiger partial charge in [0.15, 0.2) is 0 Å². The van der Waals surface area contributed by atoms with Crippen LogP contribution in [0.25, 0.3) is 0 Å². The SMILES string of the molecule is CCOc1ccc(CN(C)C(=O)C(N)CC)cc1. The molecule has 1 unspecified atom stereocenters. The van der Waals surface area contributed by atoms with Crippen molar-refractivity contribution in [3.05, 3.63) is 29.8 Å². The topological polar surface area (TPSA) is 55.6 Å². The Hall–Kier alpha value is -1.55. The van der Waals surface area contributed by atoms with Crippen LogP contribution in [0.5, 0.6) is 5.75 Å². The Labute approximate surface area is 109 Å². The standard InChI is InChI=1S/C14H22N2O2/c1-4-13(15)14(17)16(3)10-11-6-8-12(9-7-11)18-5-2/h6-9,13H,4-5,10,15H2,1-3H3. The normalized spacial score (nSPS) is 12.0. The Kier molecular flexibility index (Phi) is 5.65. The molecule has 100 valence electrons. The number of hydrogen-bond donors (Lipinski definition) is 1. The van der Waals surface area contributed by atoms with Crippen molar-refractivity contribution in [2.45, 2.75) is 32.9 Å². The van der Waals surface area contributed by atoms with E-state index in [1.54, 1.807) is 11.9 Å². The lowest BCUT2D eigenvalue weighted by molar-refractivity contribution is -0.131. The second-order valence-electron chi connectivity index (χ2n) is 4.29. The minimum absolute atomic E-state index is 0.0219. The number of carbonyl (C=O) groups excluding carboxylic acids is 1. The van der Waals surface area contributed by atoms with Crippen molar-refractivity contribution in [3.63, 3.8) is 0 Å². The van der Waals surface area contributed by atoms with Gasteiger partial charge in [0.05, 0.1) is 12.6 Å². The van der Waals surface area contributed by atoms with Gasteiger partial charge < -0.3 is 15.4 Å². The molecule has 0 heterocycles. The molecule has 0 aliphatic carbocycles. The van der Waals surface area contributed by atoms with Crippen LogP contribution in [0.1, 0.15) is 25.8 Å². The van der Waals surface area contributed by atoms with E-state index in [1.165, 1.54) is 0 Å². The Balaban J connectivity index is 2.59. The molecule has 0 saturated carbocycles. The van der Waals surface area contributed by atoms with Crippen molar-refractivity contribution < 1.29 is 9.53 Å². The molecule has 0 aromatic heterocycles. The maximum atomic E-state index is 11.8. The minimum atomic E-state index is -0.405. The number of amides is 1. The Bertz CT molecular complexity index is 376. The number of benzene rings is 1. The molecule has 0 saturated heterocycles. The van der Waals surface area contributed by atoms with E-state index in [0.717, 1.165) is 11.3 Å². The van der Waals surface area contributed by atoms with Gasteiger partial charge in [-0.3, -0.25) is 4.79 Å². The van der Waals surface area contributed by atoms with E-state index < -0.39 is 6.04 Å². The monoisotopic (exact) mass is 250 g/mol. The average Bonchev–Trinajstić information content (AvgIpc) is 2.39. The molecule has 0 aliphatic rings. The summed E-state index contributed by atoms with van der Waals surface area (Å²) in [6, 6.07) is 7.35. The summed E-state index contributed by atoms with van der Waals surface area (Å²) >= 11 is 0. The van der Waals surface area contributed by atoms with E-state index in [4.69, 9.17) is 10.5 Å². The van der Waals surface area contributed by atoms with Crippen LogP contribution in [-0.2, 0) is 11.3 Å². The van der Waals surface area contributed by atoms with Gasteiger partial charge >= 0.3 is 0 Å². The molecule has 0 spiro atoms. The van der Waals surface area contributed by atoms with Crippen molar-refractivity contribution >= 4 is 5.91 Å². The van der Waals surface area contributed by atoms with E-state index in [9.17, 15) is 4.79 Å². The molecular weight excluding hydrogens is 228 g/mol. The average molecular weight is 250 g/mol. The molecule has 1 atom stereocenters. The first-order chi connectivity index (χ1) is 8.58. The van der Waals surface area contributed by atoms with Crippen LogP contribution in [0.15, 0.2) is 24.3 Å². The molecule has 1 aromatic carbocycles. The summed E-state index contributed by atoms with van der Waals surface area (Å²) in [5.41, 5.74) is 6.79. The second-order valence-corrected chi connectivity index (χ2v) is 4.29. The highest BCUT2D eigenvalue weighted by atomic mass is 16.5. The Morgan fingerprint density at radius 2 is 1.94 bits per heavy atom. The number of carbonyl (C=O) groups is 1. The van der Waals surface area contributed by atoms with Crippen LogP contribution < -0.4 is 10.5 Å². The van der Waals surface area contributed by atoms with Crippen LogP contribution in [0.3, 0.4) is 0 Å². The molecule has 4 heteroatoms. The lowest BCUT2D eigenvalue weighted by atomic mass is 10.1. The number of likely N-dealkylation sites (N-methyl/N-ethyl adjacent to an activating group) is 1. The summed E-state index contributed by atoms with van der Waals surface area (Å²) < 4.78 is 5.37. The van der Waals surface area contributed by atoms with E-state index >= 15 is 0 Å². The van der Waals surface area contributed by atoms with Gasteiger partial charge in [-0.15, -0.1) is 0 Å². The van der Waals surface area contributed by atoms with Crippen LogP contribution in [-0.4, -0.2) is 30.5 Å². The van der Waals surface area contributed by atoms with Crippen molar-refractivity contribution in [2.75, 3.05) is 13.7 Å². The number of hydrogen-bond acceptors (Lipinski definition) is 3. The van der Waals surface area contributed by atoms with Gasteiger partial charge in [0.2, 0.25) is 5.91 Å². The summed E-state index contributed by atoms with van der Waals surface area (Å²) in [6.07, 6.45) is 0.659. The predicted octanol–water partition coefficient (Wildman–Crippen LogP) is 1.78. The zero-order valence-electron chi connectivity index (χ0n) is 11.3. The van der Waals surface area contributed by atoms with Gasteiger partial charge in [0.25, 0.3) is 0 Å². The summed E-state index contributed by atoms with van der Waals surface area (Å²) in [7, 11) is 1.77. The van der Waals surface area contributed by atoms with Crippen molar-refractivity contribution in [1.82, 2.24) is 4.90 Å². The molecule has 0 fully saturated rings. The minimum Gasteiger partial charge on any atom is -0.494 e. The third kappa shape index (κ3) is 4.04. The lowest BCUT2D eigenvalue weighted by Crippen LogP contribution is -2.40. The molecule has 1 amide bonds. The summed E-state index contributed by atoms with van der Waals surface area (Å²) in [5.74, 6) is 0.826. The third-order valence-corrected chi connectivity index (χ3v) is 2.79. The van der Waals surface area contributed by atoms with Crippen LogP contribution in [0, 0.1) is 0 Å². The highest BCUT2D eigenvalue weighted by Crippen LogP contribution is 2.13. The quantitative estimate of drug-likeness (QED) is 0.837. The van der Waals surface area contributed by atoms with Gasteiger partial charge in [-0.25, -0.2) is 0 Å². The van der Waals surface area contributed by atoms with E-state index in [2.05, 4.69) is 0 Å². The summed E-state index contributed by atoms with van der Waals surface area (Å²) in [5, 5.41) is 0. The fourth-order valence-corrected chi connectivity index (χ4v) is 1.67. The highest BCUT2D eigenvalue weighted by molar-refractivity contribution is 5.81. The number of nitrogens with two attached hydrogens (primary N) is 1. The van der Waals surface area contributed by atoms with Gasteiger partial charge in [0.1, 0.15) is 5.75 Å². The first kappa shape index (κ1) is 14.5. The molecule has 4 nitrogen and oxygen atoms in total. The molecular formula is C14H22N2O2. The lowest BCUT2D eigenvalue weighted by Gasteiger charge is -2.20. The Morgan fingerprint density at radius 1 is 1.33 bits per heavy atom. The molecule has 18 heavy (non-hydrogen) atoms. The largest absolute Gasteiger partial charge is 0.494 e. The maximum Gasteiger partial charge on any atom is 0.239 e. The van der Waals surface area contributed by atoms with Gasteiger partial charge in [0, 0.05) is 13.6 Å². The van der Waals surface area contributed by atoms with Gasteiger partial charge in [-0.1, -0.05) is 19.1 Å². The van der Waals surface area contributed by atoms with E-state index in [-0.39, 0.29) is 5.91 Å². The molecule has 0 aliphatic heterocycles. The summed E-state index contributed by atoms with van der Waals surface area (Å²) in [4.78, 5) is 13.5. The van der Waals surface area contributed by atoms with Crippen LogP contribution >= 0.6 is 0 Å². The zero-order valence-corrected chi connectivity index (χ0v) is 11.3. The predicted molar refractivity (Wildman–Crippen MR) is 72.4 cm³/mol. The Morgan fingerprint density at radius 3 is 2.44 bits per heavy atom. The van der Waals surface area contributed by atoms with Gasteiger partial charge in [-0.2, -0.15) is 0 Å².